The van der Waals surface area contributed by atoms with Crippen LogP contribution < -0.4 is 0 Å². The molecule has 0 aliphatic rings. The normalized spacial score (nSPS) is 13.4. The van der Waals surface area contributed by atoms with Crippen molar-refractivity contribution in [1.29, 1.82) is 0 Å². The summed E-state index contributed by atoms with van der Waals surface area (Å²) in [5.74, 6) is -1.54. The Hall–Kier alpha value is -2.71. The summed E-state index contributed by atoms with van der Waals surface area (Å²) in [6.07, 6.45) is 47.3. The fourth-order valence-electron chi connectivity index (χ4n) is 6.57. The number of esters is 2. The van der Waals surface area contributed by atoms with Gasteiger partial charge in [0.15, 0.2) is 12.1 Å². The third-order valence-electron chi connectivity index (χ3n) is 10.2. The van der Waals surface area contributed by atoms with Crippen molar-refractivity contribution in [2.24, 2.45) is 0 Å². The molecule has 57 heavy (non-hydrogen) atoms. The van der Waals surface area contributed by atoms with Crippen LogP contribution in [0.3, 0.4) is 0 Å². The van der Waals surface area contributed by atoms with Gasteiger partial charge in [0.05, 0.1) is 34.4 Å². The molecule has 0 aliphatic carbocycles. The Bertz CT molecular complexity index is 1070. The van der Waals surface area contributed by atoms with E-state index in [4.69, 9.17) is 14.2 Å². The number of unbranched alkanes of at least 4 members (excludes halogenated alkanes) is 19. The standard InChI is InChI=1S/C49H87NO7/c1-6-8-10-12-14-16-18-20-22-24-26-28-30-32-34-36-38-40-48(52)57-45(43-55-42-41-46(49(53)54)50(3,4)5)44-56-47(51)39-37-35-33-31-29-27-25-23-21-19-17-15-13-11-9-7-2/h20,22-23,25-26,28,32,34,45-46H,6-19,21,24,27,29-31,33,35-44H2,1-5H3/p+1/b22-20+,25-23+,28-26+,34-32+. The number of carboxylic acid groups (broad SMARTS) is 1. The third-order valence-corrected chi connectivity index (χ3v) is 10.2. The number of rotatable bonds is 41. The Balaban J connectivity index is 4.42. The average Bonchev–Trinajstić information content (AvgIpc) is 3.17. The number of carbonyl (C=O) groups excluding carboxylic acids is 2. The van der Waals surface area contributed by atoms with E-state index in [0.717, 1.165) is 51.4 Å². The summed E-state index contributed by atoms with van der Waals surface area (Å²) in [6.45, 7) is 4.67. The predicted molar refractivity (Wildman–Crippen MR) is 238 cm³/mol. The lowest BCUT2D eigenvalue weighted by atomic mass is 10.1. The minimum Gasteiger partial charge on any atom is -0.477 e. The molecule has 2 atom stereocenters. The summed E-state index contributed by atoms with van der Waals surface area (Å²) in [5.41, 5.74) is 0. The Kier molecular flexibility index (Phi) is 38.2. The zero-order chi connectivity index (χ0) is 42.1. The van der Waals surface area contributed by atoms with Gasteiger partial charge in [-0.15, -0.1) is 0 Å². The molecule has 0 radical (unpaired) electrons. The van der Waals surface area contributed by atoms with Crippen LogP contribution in [0.1, 0.15) is 194 Å². The minimum atomic E-state index is -0.884. The number of quaternary nitrogens is 1. The lowest BCUT2D eigenvalue weighted by molar-refractivity contribution is -0.887. The Morgan fingerprint density at radius 1 is 0.526 bits per heavy atom. The van der Waals surface area contributed by atoms with E-state index in [2.05, 4.69) is 62.5 Å². The second kappa shape index (κ2) is 40.1. The molecule has 0 aromatic heterocycles. The first-order chi connectivity index (χ1) is 27.6. The summed E-state index contributed by atoms with van der Waals surface area (Å²) in [7, 11) is 5.51. The number of allylic oxidation sites excluding steroid dienone is 8. The van der Waals surface area contributed by atoms with Crippen LogP contribution in [-0.2, 0) is 28.6 Å². The molecule has 0 spiro atoms. The number of hydrogen-bond acceptors (Lipinski definition) is 6. The van der Waals surface area contributed by atoms with E-state index in [9.17, 15) is 19.5 Å². The van der Waals surface area contributed by atoms with Crippen molar-refractivity contribution in [3.63, 3.8) is 0 Å². The topological polar surface area (TPSA) is 99.1 Å². The molecule has 0 amide bonds. The molecule has 8 heteroatoms. The molecule has 0 rings (SSSR count). The number of hydrogen-bond donors (Lipinski definition) is 1. The molecule has 0 heterocycles. The highest BCUT2D eigenvalue weighted by Gasteiger charge is 2.31. The highest BCUT2D eigenvalue weighted by atomic mass is 16.6. The third kappa shape index (κ3) is 38.6. The van der Waals surface area contributed by atoms with E-state index in [1.807, 2.05) is 21.1 Å². The van der Waals surface area contributed by atoms with Crippen LogP contribution in [0.2, 0.25) is 0 Å². The van der Waals surface area contributed by atoms with Gasteiger partial charge in [-0.05, 0) is 70.6 Å². The molecule has 0 bridgehead atoms. The first-order valence-electron chi connectivity index (χ1n) is 23.2. The molecule has 0 aliphatic heterocycles. The van der Waals surface area contributed by atoms with Gasteiger partial charge in [0, 0.05) is 19.3 Å². The van der Waals surface area contributed by atoms with Crippen LogP contribution in [0.5, 0.6) is 0 Å². The molecular formula is C49H88NO7+. The largest absolute Gasteiger partial charge is 0.477 e. The van der Waals surface area contributed by atoms with Crippen molar-refractivity contribution in [3.05, 3.63) is 48.6 Å². The van der Waals surface area contributed by atoms with Gasteiger partial charge in [0.1, 0.15) is 6.61 Å². The van der Waals surface area contributed by atoms with E-state index >= 15 is 0 Å². The minimum absolute atomic E-state index is 0.0382. The van der Waals surface area contributed by atoms with Crippen LogP contribution in [0.25, 0.3) is 0 Å². The maximum absolute atomic E-state index is 12.7. The van der Waals surface area contributed by atoms with Gasteiger partial charge < -0.3 is 23.8 Å². The number of likely N-dealkylation sites (N-methyl/N-ethyl adjacent to an activating group) is 1. The van der Waals surface area contributed by atoms with Gasteiger partial charge in [-0.1, -0.05) is 152 Å². The van der Waals surface area contributed by atoms with E-state index in [0.29, 0.717) is 19.3 Å². The van der Waals surface area contributed by atoms with Crippen molar-refractivity contribution >= 4 is 17.9 Å². The van der Waals surface area contributed by atoms with Crippen LogP contribution >= 0.6 is 0 Å². The molecule has 0 saturated carbocycles. The van der Waals surface area contributed by atoms with Gasteiger partial charge in [0.2, 0.25) is 0 Å². The summed E-state index contributed by atoms with van der Waals surface area (Å²) >= 11 is 0. The van der Waals surface area contributed by atoms with Gasteiger partial charge >= 0.3 is 17.9 Å². The lowest BCUT2D eigenvalue weighted by Gasteiger charge is -2.31. The van der Waals surface area contributed by atoms with Crippen LogP contribution in [-0.4, -0.2) is 80.6 Å². The van der Waals surface area contributed by atoms with Gasteiger partial charge in [-0.3, -0.25) is 9.59 Å². The molecule has 0 aromatic rings. The Morgan fingerprint density at radius 3 is 1.44 bits per heavy atom. The maximum Gasteiger partial charge on any atom is 0.362 e. The number of aliphatic carboxylic acids is 1. The summed E-state index contributed by atoms with van der Waals surface area (Å²) < 4.78 is 17.2. The fraction of sp³-hybridized carbons (Fsp3) is 0.776. The van der Waals surface area contributed by atoms with Gasteiger partial charge in [0.25, 0.3) is 0 Å². The maximum atomic E-state index is 12.7. The van der Waals surface area contributed by atoms with Crippen LogP contribution in [0.4, 0.5) is 0 Å². The number of nitrogens with zero attached hydrogens (tertiary/aromatic N) is 1. The predicted octanol–water partition coefficient (Wildman–Crippen LogP) is 12.8. The molecule has 330 valence electrons. The van der Waals surface area contributed by atoms with Crippen molar-refractivity contribution < 1.29 is 38.2 Å². The van der Waals surface area contributed by atoms with E-state index in [-0.39, 0.29) is 42.7 Å². The number of carbonyl (C=O) groups is 3. The monoisotopic (exact) mass is 803 g/mol. The van der Waals surface area contributed by atoms with Gasteiger partial charge in [-0.25, -0.2) is 4.79 Å². The molecule has 8 nitrogen and oxygen atoms in total. The van der Waals surface area contributed by atoms with E-state index in [1.165, 1.54) is 103 Å². The van der Waals surface area contributed by atoms with Crippen molar-refractivity contribution in [3.8, 4) is 0 Å². The molecule has 0 saturated heterocycles. The second-order valence-electron chi connectivity index (χ2n) is 16.7. The summed E-state index contributed by atoms with van der Waals surface area (Å²) in [4.78, 5) is 37.0. The highest BCUT2D eigenvalue weighted by Crippen LogP contribution is 2.13. The smallest absolute Gasteiger partial charge is 0.362 e. The fourth-order valence-corrected chi connectivity index (χ4v) is 6.57. The van der Waals surface area contributed by atoms with Crippen molar-refractivity contribution in [2.45, 2.75) is 206 Å². The first kappa shape index (κ1) is 54.3. The average molecular weight is 803 g/mol. The quantitative estimate of drug-likeness (QED) is 0.0284. The molecule has 2 unspecified atom stereocenters. The molecular weight excluding hydrogens is 715 g/mol. The van der Waals surface area contributed by atoms with Crippen LogP contribution in [0, 0.1) is 0 Å². The molecule has 1 N–H and O–H groups in total. The van der Waals surface area contributed by atoms with Crippen molar-refractivity contribution in [1.82, 2.24) is 0 Å². The highest BCUT2D eigenvalue weighted by molar-refractivity contribution is 5.72. The second-order valence-corrected chi connectivity index (χ2v) is 16.7. The lowest BCUT2D eigenvalue weighted by Crippen LogP contribution is -2.50. The summed E-state index contributed by atoms with van der Waals surface area (Å²) in [6, 6.07) is -0.625. The Morgan fingerprint density at radius 2 is 0.947 bits per heavy atom. The van der Waals surface area contributed by atoms with Gasteiger partial charge in [-0.2, -0.15) is 0 Å². The zero-order valence-corrected chi connectivity index (χ0v) is 37.5. The van der Waals surface area contributed by atoms with Crippen LogP contribution in [0.15, 0.2) is 48.6 Å². The molecule has 0 fully saturated rings. The number of carboxylic acids is 1. The summed E-state index contributed by atoms with van der Waals surface area (Å²) in [5, 5.41) is 9.62. The zero-order valence-electron chi connectivity index (χ0n) is 37.5. The van der Waals surface area contributed by atoms with Crippen molar-refractivity contribution in [2.75, 3.05) is 41.0 Å². The SMILES string of the molecule is CCCCCCCC/C=C/C/C=C/C/C=C/CCCC(=O)OC(COCCC(C(=O)O)[N+](C)(C)C)COC(=O)CCCCCCC/C=C/CCCCCCCCC. The molecule has 0 aromatic carbocycles. The van der Waals surface area contributed by atoms with E-state index < -0.39 is 18.1 Å². The Labute approximate surface area is 350 Å². The number of ether oxygens (including phenoxy) is 3. The first-order valence-corrected chi connectivity index (χ1v) is 23.2. The van der Waals surface area contributed by atoms with E-state index in [1.54, 1.807) is 0 Å².